The van der Waals surface area contributed by atoms with E-state index in [4.69, 9.17) is 0 Å². The monoisotopic (exact) mass is 508 g/mol. The molecule has 0 aliphatic rings. The van der Waals surface area contributed by atoms with Gasteiger partial charge in [0, 0.05) is 37.9 Å². The Kier molecular flexibility index (Phi) is 10.9. The summed E-state index contributed by atoms with van der Waals surface area (Å²) in [5.74, 6) is 0. The molecule has 0 aliphatic carbocycles. The van der Waals surface area contributed by atoms with Crippen molar-refractivity contribution in [2.24, 2.45) is 0 Å². The predicted octanol–water partition coefficient (Wildman–Crippen LogP) is 6.44. The normalized spacial score (nSPS) is 11.1. The smallest absolute Gasteiger partial charge is 0.0889 e. The maximum atomic E-state index is 4.49. The number of aryl methyl sites for hydroxylation is 2. The average Bonchev–Trinajstić information content (AvgIpc) is 2.94. The van der Waals surface area contributed by atoms with Gasteiger partial charge in [-0.25, -0.2) is 0 Å². The van der Waals surface area contributed by atoms with Crippen LogP contribution < -0.4 is 10.6 Å². The minimum absolute atomic E-state index is 0.869. The standard InChI is InChI=1S/C32H40N6/c1-25-9-15-35-29(19-25)31-21-27(11-17-37-31)23-33-13-7-5-3-4-6-8-14-34-24-28-12-18-38-32(22-28)30-20-26(2)10-16-36-30/h9-12,15-22,33-34H,3-8,13-14,23-24H2,1-2H3. The maximum Gasteiger partial charge on any atom is 0.0889 e. The lowest BCUT2D eigenvalue weighted by atomic mass is 10.1. The Balaban J connectivity index is 1.02. The molecule has 0 amide bonds. The van der Waals surface area contributed by atoms with E-state index >= 15 is 0 Å². The first-order chi connectivity index (χ1) is 18.7. The van der Waals surface area contributed by atoms with Gasteiger partial charge in [0.1, 0.15) is 0 Å². The molecular formula is C32H40N6. The van der Waals surface area contributed by atoms with Crippen LogP contribution in [-0.2, 0) is 13.1 Å². The molecule has 0 aromatic carbocycles. The molecule has 6 heteroatoms. The maximum absolute atomic E-state index is 4.49. The quantitative estimate of drug-likeness (QED) is 0.180. The van der Waals surface area contributed by atoms with Gasteiger partial charge in [0.2, 0.25) is 0 Å². The van der Waals surface area contributed by atoms with Gasteiger partial charge < -0.3 is 10.6 Å². The van der Waals surface area contributed by atoms with Gasteiger partial charge in [-0.1, -0.05) is 25.7 Å². The lowest BCUT2D eigenvalue weighted by Crippen LogP contribution is -2.15. The van der Waals surface area contributed by atoms with Crippen LogP contribution in [0.3, 0.4) is 0 Å². The lowest BCUT2D eigenvalue weighted by molar-refractivity contribution is 0.549. The molecular weight excluding hydrogens is 468 g/mol. The molecule has 4 aromatic rings. The number of hydrogen-bond donors (Lipinski definition) is 2. The molecule has 2 N–H and O–H groups in total. The van der Waals surface area contributed by atoms with Gasteiger partial charge in [-0.2, -0.15) is 0 Å². The van der Waals surface area contributed by atoms with Crippen molar-refractivity contribution in [1.29, 1.82) is 0 Å². The van der Waals surface area contributed by atoms with Crippen molar-refractivity contribution in [2.75, 3.05) is 13.1 Å². The molecule has 4 heterocycles. The van der Waals surface area contributed by atoms with Crippen molar-refractivity contribution in [3.05, 3.63) is 95.6 Å². The Morgan fingerprint density at radius 1 is 0.474 bits per heavy atom. The fourth-order valence-electron chi connectivity index (χ4n) is 4.47. The SMILES string of the molecule is Cc1ccnc(-c2cc(CNCCCCCCCCNCc3ccnc(-c4cc(C)ccn4)c3)ccn2)c1. The van der Waals surface area contributed by atoms with Gasteiger partial charge in [-0.15, -0.1) is 0 Å². The molecule has 38 heavy (non-hydrogen) atoms. The summed E-state index contributed by atoms with van der Waals surface area (Å²) >= 11 is 0. The lowest BCUT2D eigenvalue weighted by Gasteiger charge is -2.08. The second-order valence-electron chi connectivity index (χ2n) is 10.0. The summed E-state index contributed by atoms with van der Waals surface area (Å²) in [5.41, 5.74) is 8.65. The van der Waals surface area contributed by atoms with E-state index in [1.807, 2.05) is 36.9 Å². The summed E-state index contributed by atoms with van der Waals surface area (Å²) in [6.07, 6.45) is 15.0. The Bertz CT molecular complexity index is 1170. The first-order valence-electron chi connectivity index (χ1n) is 13.8. The van der Waals surface area contributed by atoms with Crippen LogP contribution in [0.2, 0.25) is 0 Å². The second kappa shape index (κ2) is 15.1. The van der Waals surface area contributed by atoms with Crippen LogP contribution in [-0.4, -0.2) is 33.0 Å². The Hall–Kier alpha value is -3.48. The zero-order valence-corrected chi connectivity index (χ0v) is 22.8. The number of pyridine rings is 4. The number of aromatic nitrogens is 4. The van der Waals surface area contributed by atoms with E-state index in [2.05, 4.69) is 80.8 Å². The molecule has 6 nitrogen and oxygen atoms in total. The molecule has 0 unspecified atom stereocenters. The third-order valence-corrected chi connectivity index (χ3v) is 6.62. The summed E-state index contributed by atoms with van der Waals surface area (Å²) in [5, 5.41) is 7.15. The van der Waals surface area contributed by atoms with E-state index in [1.165, 1.54) is 60.8 Å². The molecule has 0 bridgehead atoms. The van der Waals surface area contributed by atoms with E-state index in [0.29, 0.717) is 0 Å². The number of nitrogens with zero attached hydrogens (tertiary/aromatic N) is 4. The van der Waals surface area contributed by atoms with Crippen LogP contribution in [0, 0.1) is 13.8 Å². The van der Waals surface area contributed by atoms with Crippen molar-refractivity contribution < 1.29 is 0 Å². The van der Waals surface area contributed by atoms with Crippen LogP contribution in [0.25, 0.3) is 22.8 Å². The molecule has 4 rings (SSSR count). The highest BCUT2D eigenvalue weighted by Gasteiger charge is 2.04. The zero-order valence-electron chi connectivity index (χ0n) is 22.8. The van der Waals surface area contributed by atoms with Gasteiger partial charge >= 0.3 is 0 Å². The molecule has 0 saturated heterocycles. The van der Waals surface area contributed by atoms with Crippen LogP contribution in [0.15, 0.2) is 73.3 Å². The fraction of sp³-hybridized carbons (Fsp3) is 0.375. The summed E-state index contributed by atoms with van der Waals surface area (Å²) in [6.45, 7) is 8.00. The highest BCUT2D eigenvalue weighted by Crippen LogP contribution is 2.17. The van der Waals surface area contributed by atoms with E-state index in [1.54, 1.807) is 0 Å². The van der Waals surface area contributed by atoms with E-state index in [0.717, 1.165) is 49.0 Å². The number of hydrogen-bond acceptors (Lipinski definition) is 6. The van der Waals surface area contributed by atoms with Gasteiger partial charge in [-0.05, 0) is 111 Å². The number of nitrogens with one attached hydrogen (secondary N) is 2. The van der Waals surface area contributed by atoms with Crippen LogP contribution in [0.4, 0.5) is 0 Å². The molecule has 0 aliphatic heterocycles. The Labute approximate surface area is 227 Å². The van der Waals surface area contributed by atoms with E-state index in [-0.39, 0.29) is 0 Å². The Morgan fingerprint density at radius 3 is 1.26 bits per heavy atom. The molecule has 0 radical (unpaired) electrons. The average molecular weight is 509 g/mol. The zero-order chi connectivity index (χ0) is 26.4. The van der Waals surface area contributed by atoms with E-state index in [9.17, 15) is 0 Å². The van der Waals surface area contributed by atoms with Crippen LogP contribution >= 0.6 is 0 Å². The van der Waals surface area contributed by atoms with Crippen molar-refractivity contribution in [1.82, 2.24) is 30.6 Å². The number of rotatable bonds is 15. The van der Waals surface area contributed by atoms with E-state index < -0.39 is 0 Å². The molecule has 0 spiro atoms. The summed E-state index contributed by atoms with van der Waals surface area (Å²) in [7, 11) is 0. The Morgan fingerprint density at radius 2 is 0.842 bits per heavy atom. The minimum atomic E-state index is 0.869. The highest BCUT2D eigenvalue weighted by atomic mass is 14.9. The summed E-state index contributed by atoms with van der Waals surface area (Å²) in [4.78, 5) is 17.9. The summed E-state index contributed by atoms with van der Waals surface area (Å²) < 4.78 is 0. The first-order valence-corrected chi connectivity index (χ1v) is 13.8. The predicted molar refractivity (Wildman–Crippen MR) is 156 cm³/mol. The summed E-state index contributed by atoms with van der Waals surface area (Å²) in [6, 6.07) is 16.6. The minimum Gasteiger partial charge on any atom is -0.313 e. The molecule has 198 valence electrons. The van der Waals surface area contributed by atoms with Gasteiger partial charge in [0.25, 0.3) is 0 Å². The number of unbranched alkanes of at least 4 members (excludes halogenated alkanes) is 5. The molecule has 0 fully saturated rings. The second-order valence-corrected chi connectivity index (χ2v) is 10.0. The molecule has 0 saturated carbocycles. The topological polar surface area (TPSA) is 75.6 Å². The molecule has 4 aromatic heterocycles. The van der Waals surface area contributed by atoms with Crippen molar-refractivity contribution in [3.63, 3.8) is 0 Å². The van der Waals surface area contributed by atoms with Gasteiger partial charge in [-0.3, -0.25) is 19.9 Å². The van der Waals surface area contributed by atoms with Crippen molar-refractivity contribution in [2.45, 2.75) is 65.5 Å². The first kappa shape index (κ1) is 27.6. The third kappa shape index (κ3) is 9.12. The van der Waals surface area contributed by atoms with Gasteiger partial charge in [0.15, 0.2) is 0 Å². The largest absolute Gasteiger partial charge is 0.313 e. The van der Waals surface area contributed by atoms with Crippen molar-refractivity contribution >= 4 is 0 Å². The van der Waals surface area contributed by atoms with Crippen LogP contribution in [0.1, 0.15) is 60.8 Å². The third-order valence-electron chi connectivity index (χ3n) is 6.62. The van der Waals surface area contributed by atoms with Crippen LogP contribution in [0.5, 0.6) is 0 Å². The van der Waals surface area contributed by atoms with Crippen molar-refractivity contribution in [3.8, 4) is 22.8 Å². The molecule has 0 atom stereocenters. The highest BCUT2D eigenvalue weighted by molar-refractivity contribution is 5.56. The fourth-order valence-corrected chi connectivity index (χ4v) is 4.47. The van der Waals surface area contributed by atoms with Gasteiger partial charge in [0.05, 0.1) is 22.8 Å².